The third-order valence-electron chi connectivity index (χ3n) is 5.50. The molecule has 0 atom stereocenters. The molecule has 6 nitrogen and oxygen atoms in total. The maximum atomic E-state index is 12.7. The summed E-state index contributed by atoms with van der Waals surface area (Å²) in [5, 5.41) is 9.74. The van der Waals surface area contributed by atoms with Crippen molar-refractivity contribution in [3.05, 3.63) is 82.9 Å². The number of allylic oxidation sites excluding steroid dienone is 1. The van der Waals surface area contributed by atoms with Crippen molar-refractivity contribution >= 4 is 17.6 Å². The number of benzene rings is 3. The second-order valence-electron chi connectivity index (χ2n) is 8.87. The van der Waals surface area contributed by atoms with Crippen molar-refractivity contribution in [2.45, 2.75) is 26.2 Å². The molecule has 0 spiro atoms. The Morgan fingerprint density at radius 2 is 1.34 bits per heavy atom. The summed E-state index contributed by atoms with van der Waals surface area (Å²) in [4.78, 5) is 12.7. The van der Waals surface area contributed by atoms with Crippen LogP contribution in [-0.2, 0) is 5.41 Å². The van der Waals surface area contributed by atoms with Gasteiger partial charge in [0.05, 0.1) is 38.5 Å². The van der Waals surface area contributed by atoms with Crippen LogP contribution in [0, 0.1) is 11.3 Å². The smallest absolute Gasteiger partial charge is 0.343 e. The van der Waals surface area contributed by atoms with Crippen LogP contribution in [0.2, 0.25) is 0 Å². The maximum absolute atomic E-state index is 12.7. The Hall–Kier alpha value is -4.24. The first-order valence-corrected chi connectivity index (χ1v) is 11.0. The largest absolute Gasteiger partial charge is 0.493 e. The first kappa shape index (κ1) is 25.4. The normalized spacial score (nSPS) is 11.4. The van der Waals surface area contributed by atoms with Gasteiger partial charge in [0.15, 0.2) is 23.0 Å². The molecule has 0 unspecified atom stereocenters. The molecule has 0 aromatic heterocycles. The lowest BCUT2D eigenvalue weighted by Gasteiger charge is -2.19. The molecule has 0 aliphatic rings. The van der Waals surface area contributed by atoms with Gasteiger partial charge < -0.3 is 18.9 Å². The Bertz CT molecular complexity index is 1280. The number of ether oxygens (including phenoxy) is 4. The molecule has 3 aromatic rings. The molecule has 3 aromatic carbocycles. The van der Waals surface area contributed by atoms with Gasteiger partial charge in [0.25, 0.3) is 0 Å². The number of nitriles is 1. The highest BCUT2D eigenvalue weighted by Crippen LogP contribution is 2.33. The average Bonchev–Trinajstić information content (AvgIpc) is 2.87. The van der Waals surface area contributed by atoms with E-state index in [0.29, 0.717) is 45.3 Å². The lowest BCUT2D eigenvalue weighted by Crippen LogP contribution is -2.13. The van der Waals surface area contributed by atoms with E-state index in [4.69, 9.17) is 18.9 Å². The molecule has 35 heavy (non-hydrogen) atoms. The molecule has 0 fully saturated rings. The quantitative estimate of drug-likeness (QED) is 0.174. The highest BCUT2D eigenvalue weighted by Gasteiger charge is 2.17. The zero-order valence-corrected chi connectivity index (χ0v) is 20.8. The summed E-state index contributed by atoms with van der Waals surface area (Å²) < 4.78 is 21.6. The molecule has 0 saturated heterocycles. The Kier molecular flexibility index (Phi) is 7.83. The summed E-state index contributed by atoms with van der Waals surface area (Å²) in [6.07, 6.45) is 1.72. The first-order valence-electron chi connectivity index (χ1n) is 11.0. The Morgan fingerprint density at radius 3 is 1.91 bits per heavy atom. The molecule has 0 N–H and O–H groups in total. The number of methoxy groups -OCH3 is 3. The molecule has 0 amide bonds. The van der Waals surface area contributed by atoms with Gasteiger partial charge in [-0.05, 0) is 70.6 Å². The van der Waals surface area contributed by atoms with Gasteiger partial charge in [-0.3, -0.25) is 0 Å². The minimum atomic E-state index is -0.477. The van der Waals surface area contributed by atoms with E-state index in [1.165, 1.54) is 7.11 Å². The third kappa shape index (κ3) is 6.01. The maximum Gasteiger partial charge on any atom is 0.343 e. The van der Waals surface area contributed by atoms with Crippen molar-refractivity contribution in [2.24, 2.45) is 0 Å². The predicted octanol–water partition coefficient (Wildman–Crippen LogP) is 6.29. The van der Waals surface area contributed by atoms with Crippen LogP contribution in [0.25, 0.3) is 11.6 Å². The molecule has 180 valence electrons. The molecule has 0 heterocycles. The summed E-state index contributed by atoms with van der Waals surface area (Å²) in [5.74, 6) is 1.30. The van der Waals surface area contributed by atoms with Crippen LogP contribution in [-0.4, -0.2) is 27.3 Å². The molecule has 3 rings (SSSR count). The van der Waals surface area contributed by atoms with E-state index in [-0.39, 0.29) is 5.41 Å². The Balaban J connectivity index is 1.85. The Labute approximate surface area is 206 Å². The van der Waals surface area contributed by atoms with Gasteiger partial charge in [-0.1, -0.05) is 39.0 Å². The second kappa shape index (κ2) is 10.8. The van der Waals surface area contributed by atoms with Crippen LogP contribution < -0.4 is 18.9 Å². The van der Waals surface area contributed by atoms with E-state index in [2.05, 4.69) is 26.8 Å². The van der Waals surface area contributed by atoms with E-state index in [0.717, 1.165) is 5.56 Å². The highest BCUT2D eigenvalue weighted by atomic mass is 16.6. The van der Waals surface area contributed by atoms with Gasteiger partial charge in [0.2, 0.25) is 0 Å². The van der Waals surface area contributed by atoms with E-state index in [1.807, 2.05) is 12.1 Å². The Morgan fingerprint density at radius 1 is 0.771 bits per heavy atom. The number of nitrogens with zero attached hydrogens (tertiary/aromatic N) is 1. The summed E-state index contributed by atoms with van der Waals surface area (Å²) in [5.41, 5.74) is 3.39. The fourth-order valence-corrected chi connectivity index (χ4v) is 3.47. The fraction of sp³-hybridized carbons (Fsp3) is 0.241. The van der Waals surface area contributed by atoms with Gasteiger partial charge in [-0.25, -0.2) is 4.79 Å². The lowest BCUT2D eigenvalue weighted by molar-refractivity contribution is 0.0729. The monoisotopic (exact) mass is 471 g/mol. The van der Waals surface area contributed by atoms with Gasteiger partial charge >= 0.3 is 5.97 Å². The molecule has 0 radical (unpaired) electrons. The molecule has 6 heteroatoms. The van der Waals surface area contributed by atoms with Crippen molar-refractivity contribution in [1.82, 2.24) is 0 Å². The molecular weight excluding hydrogens is 442 g/mol. The van der Waals surface area contributed by atoms with E-state index in [9.17, 15) is 10.1 Å². The van der Waals surface area contributed by atoms with Gasteiger partial charge in [0.1, 0.15) is 0 Å². The summed E-state index contributed by atoms with van der Waals surface area (Å²) in [6.45, 7) is 6.35. The molecule has 0 aliphatic heterocycles. The SMILES string of the molecule is COc1ccc(/C(C#N)=C\c2ccc(OC(=O)c3ccc(C(C)(C)C)cc3)c(OC)c2)cc1OC. The van der Waals surface area contributed by atoms with Crippen molar-refractivity contribution in [1.29, 1.82) is 5.26 Å². The lowest BCUT2D eigenvalue weighted by atomic mass is 9.87. The van der Waals surface area contributed by atoms with Crippen molar-refractivity contribution in [3.8, 4) is 29.1 Å². The van der Waals surface area contributed by atoms with Crippen LogP contribution in [0.15, 0.2) is 60.7 Å². The van der Waals surface area contributed by atoms with Crippen molar-refractivity contribution in [3.63, 3.8) is 0 Å². The summed E-state index contributed by atoms with van der Waals surface area (Å²) in [7, 11) is 4.60. The van der Waals surface area contributed by atoms with Gasteiger partial charge in [-0.15, -0.1) is 0 Å². The fourth-order valence-electron chi connectivity index (χ4n) is 3.47. The summed E-state index contributed by atoms with van der Waals surface area (Å²) in [6, 6.07) is 20.0. The molecule has 0 bridgehead atoms. The van der Waals surface area contributed by atoms with Gasteiger partial charge in [-0.2, -0.15) is 5.26 Å². The number of esters is 1. The number of hydrogen-bond acceptors (Lipinski definition) is 6. The summed E-state index contributed by atoms with van der Waals surface area (Å²) >= 11 is 0. The zero-order valence-electron chi connectivity index (χ0n) is 20.8. The van der Waals surface area contributed by atoms with Crippen LogP contribution in [0.1, 0.15) is 47.8 Å². The average molecular weight is 472 g/mol. The van der Waals surface area contributed by atoms with E-state index >= 15 is 0 Å². The van der Waals surface area contributed by atoms with E-state index in [1.54, 1.807) is 68.8 Å². The van der Waals surface area contributed by atoms with Crippen LogP contribution in [0.5, 0.6) is 23.0 Å². The molecular formula is C29H29NO5. The number of hydrogen-bond donors (Lipinski definition) is 0. The molecule has 0 aliphatic carbocycles. The van der Waals surface area contributed by atoms with Gasteiger partial charge in [0, 0.05) is 0 Å². The number of carbonyl (C=O) groups is 1. The zero-order chi connectivity index (χ0) is 25.6. The minimum absolute atomic E-state index is 0.00572. The number of carbonyl (C=O) groups excluding carboxylic acids is 1. The minimum Gasteiger partial charge on any atom is -0.493 e. The van der Waals surface area contributed by atoms with Crippen LogP contribution >= 0.6 is 0 Å². The first-order chi connectivity index (χ1) is 16.7. The second-order valence-corrected chi connectivity index (χ2v) is 8.87. The number of rotatable bonds is 7. The molecule has 0 saturated carbocycles. The van der Waals surface area contributed by atoms with E-state index < -0.39 is 5.97 Å². The van der Waals surface area contributed by atoms with Crippen molar-refractivity contribution < 1.29 is 23.7 Å². The highest BCUT2D eigenvalue weighted by molar-refractivity contribution is 5.92. The van der Waals surface area contributed by atoms with Crippen LogP contribution in [0.4, 0.5) is 0 Å². The third-order valence-corrected chi connectivity index (χ3v) is 5.50. The van der Waals surface area contributed by atoms with Crippen LogP contribution in [0.3, 0.4) is 0 Å². The standard InChI is InChI=1S/C29H29NO5/c1-29(2,3)23-11-8-20(9-12-23)28(31)35-25-13-7-19(16-26(25)33-5)15-22(18-30)21-10-14-24(32-4)27(17-21)34-6/h7-17H,1-6H3/b22-15-. The predicted molar refractivity (Wildman–Crippen MR) is 136 cm³/mol. The topological polar surface area (TPSA) is 77.8 Å². The van der Waals surface area contributed by atoms with Crippen molar-refractivity contribution in [2.75, 3.05) is 21.3 Å².